The van der Waals surface area contributed by atoms with E-state index in [1.54, 1.807) is 18.2 Å². The van der Waals surface area contributed by atoms with Gasteiger partial charge in [-0.15, -0.1) is 11.3 Å². The summed E-state index contributed by atoms with van der Waals surface area (Å²) in [5, 5.41) is 6.71. The maximum absolute atomic E-state index is 13.5. The summed E-state index contributed by atoms with van der Waals surface area (Å²) in [6.45, 7) is 4.15. The van der Waals surface area contributed by atoms with Gasteiger partial charge in [-0.25, -0.2) is 9.37 Å². The third-order valence-electron chi connectivity index (χ3n) is 3.43. The van der Waals surface area contributed by atoms with Crippen molar-refractivity contribution in [3.63, 3.8) is 0 Å². The summed E-state index contributed by atoms with van der Waals surface area (Å²) in [7, 11) is 0. The van der Waals surface area contributed by atoms with Gasteiger partial charge in [0.2, 0.25) is 5.13 Å². The highest BCUT2D eigenvalue weighted by molar-refractivity contribution is 7.14. The van der Waals surface area contributed by atoms with E-state index in [1.807, 2.05) is 5.38 Å². The molecule has 0 saturated carbocycles. The second-order valence-corrected chi connectivity index (χ2v) is 6.11. The fourth-order valence-corrected chi connectivity index (χ4v) is 2.95. The second-order valence-electron chi connectivity index (χ2n) is 5.25. The molecule has 0 atom stereocenters. The van der Waals surface area contributed by atoms with Gasteiger partial charge in [0.15, 0.2) is 0 Å². The van der Waals surface area contributed by atoms with Crippen LogP contribution in [0.2, 0.25) is 0 Å². The van der Waals surface area contributed by atoms with Gasteiger partial charge in [0.25, 0.3) is 0 Å². The van der Waals surface area contributed by atoms with Crippen molar-refractivity contribution in [1.29, 1.82) is 0 Å². The van der Waals surface area contributed by atoms with Crippen LogP contribution in [0.5, 0.6) is 0 Å². The summed E-state index contributed by atoms with van der Waals surface area (Å²) in [4.78, 5) is 4.52. The molecule has 0 aliphatic rings. The van der Waals surface area contributed by atoms with Crippen LogP contribution in [-0.4, -0.2) is 11.2 Å². The number of anilines is 1. The first-order valence-corrected chi connectivity index (χ1v) is 8.08. The second kappa shape index (κ2) is 6.71. The molecule has 3 rings (SSSR count). The van der Waals surface area contributed by atoms with Crippen molar-refractivity contribution in [2.45, 2.75) is 13.8 Å². The number of hydrogen-bond acceptors (Lipinski definition) is 4. The van der Waals surface area contributed by atoms with E-state index in [0.717, 1.165) is 11.3 Å². The van der Waals surface area contributed by atoms with Crippen molar-refractivity contribution in [2.24, 2.45) is 5.10 Å². The number of hydrazone groups is 1. The molecule has 1 heterocycles. The van der Waals surface area contributed by atoms with Gasteiger partial charge in [0, 0.05) is 16.5 Å². The number of aryl methyl sites for hydroxylation is 2. The molecule has 0 saturated heterocycles. The van der Waals surface area contributed by atoms with Gasteiger partial charge in [-0.05, 0) is 25.5 Å². The Morgan fingerprint density at radius 1 is 1.17 bits per heavy atom. The Bertz CT molecular complexity index is 855. The smallest absolute Gasteiger partial charge is 0.203 e. The van der Waals surface area contributed by atoms with E-state index in [4.69, 9.17) is 0 Å². The maximum atomic E-state index is 13.5. The van der Waals surface area contributed by atoms with Crippen molar-refractivity contribution in [1.82, 2.24) is 4.98 Å². The minimum Gasteiger partial charge on any atom is -0.253 e. The number of halogens is 1. The number of benzene rings is 2. The van der Waals surface area contributed by atoms with E-state index in [2.05, 4.69) is 47.6 Å². The van der Waals surface area contributed by atoms with E-state index in [9.17, 15) is 4.39 Å². The molecule has 2 aromatic carbocycles. The molecule has 1 N–H and O–H groups in total. The van der Waals surface area contributed by atoms with Crippen LogP contribution >= 0.6 is 11.3 Å². The molecule has 0 amide bonds. The topological polar surface area (TPSA) is 37.3 Å². The lowest BCUT2D eigenvalue weighted by atomic mass is 10.0. The molecule has 23 heavy (non-hydrogen) atoms. The van der Waals surface area contributed by atoms with Crippen LogP contribution in [0.4, 0.5) is 9.52 Å². The molecule has 3 aromatic rings. The summed E-state index contributed by atoms with van der Waals surface area (Å²) in [6.07, 6.45) is 1.45. The summed E-state index contributed by atoms with van der Waals surface area (Å²) in [6, 6.07) is 12.8. The van der Waals surface area contributed by atoms with Gasteiger partial charge in [-0.3, -0.25) is 5.43 Å². The van der Waals surface area contributed by atoms with Crippen molar-refractivity contribution >= 4 is 22.7 Å². The first-order chi connectivity index (χ1) is 11.1. The zero-order valence-corrected chi connectivity index (χ0v) is 13.7. The van der Waals surface area contributed by atoms with Crippen LogP contribution in [-0.2, 0) is 0 Å². The van der Waals surface area contributed by atoms with Crippen LogP contribution in [0.3, 0.4) is 0 Å². The van der Waals surface area contributed by atoms with Crippen LogP contribution in [0.15, 0.2) is 52.9 Å². The molecular weight excluding hydrogens is 309 g/mol. The minimum absolute atomic E-state index is 0.298. The zero-order valence-electron chi connectivity index (χ0n) is 12.9. The Morgan fingerprint density at radius 2 is 2.00 bits per heavy atom. The van der Waals surface area contributed by atoms with Crippen molar-refractivity contribution in [3.8, 4) is 11.3 Å². The van der Waals surface area contributed by atoms with Gasteiger partial charge in [0.1, 0.15) is 5.82 Å². The number of nitrogens with one attached hydrogen (secondary N) is 1. The number of nitrogens with zero attached hydrogens (tertiary/aromatic N) is 2. The van der Waals surface area contributed by atoms with Crippen molar-refractivity contribution in [3.05, 3.63) is 70.4 Å². The van der Waals surface area contributed by atoms with Gasteiger partial charge >= 0.3 is 0 Å². The SMILES string of the molecule is Cc1ccc(-c2csc(N/N=C\c3ccccc3F)n2)c(C)c1. The highest BCUT2D eigenvalue weighted by Crippen LogP contribution is 2.27. The number of aromatic nitrogens is 1. The van der Waals surface area contributed by atoms with Crippen LogP contribution < -0.4 is 5.43 Å². The van der Waals surface area contributed by atoms with E-state index in [1.165, 1.54) is 34.7 Å². The average Bonchev–Trinajstić information content (AvgIpc) is 2.98. The molecule has 5 heteroatoms. The molecule has 0 unspecified atom stereocenters. The van der Waals surface area contributed by atoms with E-state index in [0.29, 0.717) is 10.7 Å². The highest BCUT2D eigenvalue weighted by atomic mass is 32.1. The Balaban J connectivity index is 1.74. The summed E-state index contributed by atoms with van der Waals surface area (Å²) >= 11 is 1.47. The van der Waals surface area contributed by atoms with Crippen LogP contribution in [0.1, 0.15) is 16.7 Å². The quantitative estimate of drug-likeness (QED) is 0.540. The molecule has 0 spiro atoms. The third-order valence-corrected chi connectivity index (χ3v) is 4.18. The molecule has 116 valence electrons. The molecule has 0 radical (unpaired) electrons. The molecule has 0 aliphatic carbocycles. The standard InChI is InChI=1S/C18H16FN3S/c1-12-7-8-15(13(2)9-12)17-11-23-18(21-17)22-20-10-14-5-3-4-6-16(14)19/h3-11H,1-2H3,(H,21,22)/b20-10-. The lowest BCUT2D eigenvalue weighted by Gasteiger charge is -2.03. The van der Waals surface area contributed by atoms with E-state index < -0.39 is 0 Å². The summed E-state index contributed by atoms with van der Waals surface area (Å²) < 4.78 is 13.5. The monoisotopic (exact) mass is 325 g/mol. The molecule has 1 aromatic heterocycles. The Kier molecular flexibility index (Phi) is 4.48. The number of hydrogen-bond donors (Lipinski definition) is 1. The Hall–Kier alpha value is -2.53. The normalized spacial score (nSPS) is 11.1. The van der Waals surface area contributed by atoms with Gasteiger partial charge in [0.05, 0.1) is 11.9 Å². The Morgan fingerprint density at radius 3 is 2.78 bits per heavy atom. The van der Waals surface area contributed by atoms with E-state index in [-0.39, 0.29) is 5.82 Å². The summed E-state index contributed by atoms with van der Waals surface area (Å²) in [5.74, 6) is -0.298. The first-order valence-electron chi connectivity index (χ1n) is 7.20. The summed E-state index contributed by atoms with van der Waals surface area (Å²) in [5.41, 5.74) is 7.73. The lowest BCUT2D eigenvalue weighted by Crippen LogP contribution is -1.92. The van der Waals surface area contributed by atoms with Crippen LogP contribution in [0.25, 0.3) is 11.3 Å². The van der Waals surface area contributed by atoms with Gasteiger partial charge < -0.3 is 0 Å². The lowest BCUT2D eigenvalue weighted by molar-refractivity contribution is 0.626. The molecule has 0 bridgehead atoms. The Labute approximate surface area is 138 Å². The fraction of sp³-hybridized carbons (Fsp3) is 0.111. The van der Waals surface area contributed by atoms with E-state index >= 15 is 0 Å². The zero-order chi connectivity index (χ0) is 16.2. The highest BCUT2D eigenvalue weighted by Gasteiger charge is 2.07. The predicted octanol–water partition coefficient (Wildman–Crippen LogP) is 5.01. The minimum atomic E-state index is -0.298. The third kappa shape index (κ3) is 3.63. The van der Waals surface area contributed by atoms with Gasteiger partial charge in [-0.2, -0.15) is 5.10 Å². The number of thiazole rings is 1. The van der Waals surface area contributed by atoms with Crippen molar-refractivity contribution < 1.29 is 4.39 Å². The van der Waals surface area contributed by atoms with Gasteiger partial charge in [-0.1, -0.05) is 42.0 Å². The number of rotatable bonds is 4. The average molecular weight is 325 g/mol. The maximum Gasteiger partial charge on any atom is 0.203 e. The molecular formula is C18H16FN3S. The largest absolute Gasteiger partial charge is 0.253 e. The first kappa shape index (κ1) is 15.4. The van der Waals surface area contributed by atoms with Crippen LogP contribution in [0, 0.1) is 19.7 Å². The molecule has 0 fully saturated rings. The van der Waals surface area contributed by atoms with Crippen molar-refractivity contribution in [2.75, 3.05) is 5.43 Å². The fourth-order valence-electron chi connectivity index (χ4n) is 2.29. The molecule has 0 aliphatic heterocycles. The predicted molar refractivity (Wildman–Crippen MR) is 94.6 cm³/mol. The molecule has 3 nitrogen and oxygen atoms in total.